The van der Waals surface area contributed by atoms with Gasteiger partial charge in [0.2, 0.25) is 0 Å². The molecule has 2 rings (SSSR count). The molecule has 1 saturated heterocycles. The summed E-state index contributed by atoms with van der Waals surface area (Å²) in [6.45, 7) is 8.19. The van der Waals surface area contributed by atoms with Gasteiger partial charge in [-0.15, -0.1) is 0 Å². The molecule has 1 amide bonds. The van der Waals surface area contributed by atoms with Crippen LogP contribution in [0.4, 0.5) is 0 Å². The van der Waals surface area contributed by atoms with E-state index in [9.17, 15) is 14.7 Å². The first-order valence-electron chi connectivity index (χ1n) is 7.50. The molecule has 0 spiro atoms. The van der Waals surface area contributed by atoms with Crippen LogP contribution in [0.3, 0.4) is 0 Å². The highest BCUT2D eigenvalue weighted by atomic mass is 16.3. The van der Waals surface area contributed by atoms with Crippen molar-refractivity contribution in [1.29, 1.82) is 0 Å². The minimum absolute atomic E-state index is 0.0270. The molecule has 2 unspecified atom stereocenters. The minimum atomic E-state index is -0.403. The van der Waals surface area contributed by atoms with Crippen LogP contribution in [0.15, 0.2) is 0 Å². The Morgan fingerprint density at radius 2 is 2.05 bits per heavy atom. The van der Waals surface area contributed by atoms with Crippen LogP contribution < -0.4 is 0 Å². The molecule has 21 heavy (non-hydrogen) atoms. The zero-order valence-electron chi connectivity index (χ0n) is 13.2. The Labute approximate surface area is 125 Å². The third-order valence-corrected chi connectivity index (χ3v) is 4.43. The van der Waals surface area contributed by atoms with Gasteiger partial charge in [-0.25, -0.2) is 0 Å². The largest absolute Gasteiger partial charge is 0.393 e. The third-order valence-electron chi connectivity index (χ3n) is 4.43. The van der Waals surface area contributed by atoms with Crippen molar-refractivity contribution >= 4 is 11.7 Å². The zero-order chi connectivity index (χ0) is 15.7. The lowest BCUT2D eigenvalue weighted by molar-refractivity contribution is 0.0461. The first kappa shape index (κ1) is 15.8. The molecule has 0 aliphatic carbocycles. The van der Waals surface area contributed by atoms with Crippen molar-refractivity contribution in [3.63, 3.8) is 0 Å². The summed E-state index contributed by atoms with van der Waals surface area (Å²) in [5, 5.41) is 9.73. The molecule has 1 aliphatic rings. The molecule has 5 heteroatoms. The number of hydrogen-bond donors (Lipinski definition) is 2. The first-order chi connectivity index (χ1) is 9.82. The molecule has 0 bridgehead atoms. The molecule has 2 atom stereocenters. The molecule has 0 aromatic carbocycles. The van der Waals surface area contributed by atoms with Crippen LogP contribution in [0.1, 0.15) is 58.8 Å². The summed E-state index contributed by atoms with van der Waals surface area (Å²) < 4.78 is 0. The number of aliphatic hydroxyl groups excluding tert-OH is 1. The number of nitrogens with one attached hydrogen (secondary N) is 1. The number of Topliss-reactive ketones (excluding diaryl/α,β-unsaturated/α-hetero) is 1. The quantitative estimate of drug-likeness (QED) is 0.838. The highest BCUT2D eigenvalue weighted by Crippen LogP contribution is 2.24. The van der Waals surface area contributed by atoms with E-state index in [2.05, 4.69) is 4.98 Å². The summed E-state index contributed by atoms with van der Waals surface area (Å²) in [5.41, 5.74) is 2.59. The summed E-state index contributed by atoms with van der Waals surface area (Å²) in [5.74, 6) is 0.0283. The molecular weight excluding hydrogens is 268 g/mol. The second-order valence-corrected chi connectivity index (χ2v) is 6.08. The number of nitrogens with zero attached hydrogens (tertiary/aromatic N) is 1. The van der Waals surface area contributed by atoms with E-state index in [0.29, 0.717) is 24.3 Å². The third kappa shape index (κ3) is 3.02. The van der Waals surface area contributed by atoms with E-state index in [1.54, 1.807) is 11.8 Å². The molecule has 0 saturated carbocycles. The van der Waals surface area contributed by atoms with Gasteiger partial charge in [0.05, 0.1) is 6.10 Å². The average Bonchev–Trinajstić information content (AvgIpc) is 2.73. The number of carbonyl (C=O) groups is 2. The number of piperidine rings is 1. The van der Waals surface area contributed by atoms with Crippen LogP contribution in [-0.2, 0) is 0 Å². The Morgan fingerprint density at radius 3 is 2.57 bits per heavy atom. The van der Waals surface area contributed by atoms with E-state index >= 15 is 0 Å². The Balaban J connectivity index is 2.24. The lowest BCUT2D eigenvalue weighted by Gasteiger charge is -2.34. The van der Waals surface area contributed by atoms with Crippen molar-refractivity contribution in [2.24, 2.45) is 5.92 Å². The SMILES string of the molecule is CC(=O)c1c(C)[nH]c(C(=O)N2CCCC(C(C)O)C2)c1C. The van der Waals surface area contributed by atoms with Gasteiger partial charge in [-0.1, -0.05) is 0 Å². The molecule has 5 nitrogen and oxygen atoms in total. The number of aryl methyl sites for hydroxylation is 1. The highest BCUT2D eigenvalue weighted by Gasteiger charge is 2.29. The summed E-state index contributed by atoms with van der Waals surface area (Å²) >= 11 is 0. The number of carbonyl (C=O) groups excluding carboxylic acids is 2. The fraction of sp³-hybridized carbons (Fsp3) is 0.625. The van der Waals surface area contributed by atoms with Crippen molar-refractivity contribution in [2.75, 3.05) is 13.1 Å². The number of aromatic nitrogens is 1. The van der Waals surface area contributed by atoms with Crippen molar-refractivity contribution in [3.8, 4) is 0 Å². The Hall–Kier alpha value is -1.62. The smallest absolute Gasteiger partial charge is 0.270 e. The summed E-state index contributed by atoms with van der Waals surface area (Å²) in [7, 11) is 0. The van der Waals surface area contributed by atoms with E-state index in [1.807, 2.05) is 13.8 Å². The lowest BCUT2D eigenvalue weighted by atomic mass is 9.93. The summed E-state index contributed by atoms with van der Waals surface area (Å²) in [6, 6.07) is 0. The molecular formula is C16H24N2O3. The van der Waals surface area contributed by atoms with Gasteiger partial charge >= 0.3 is 0 Å². The van der Waals surface area contributed by atoms with E-state index in [4.69, 9.17) is 0 Å². The number of aromatic amines is 1. The molecule has 116 valence electrons. The van der Waals surface area contributed by atoms with Crippen LogP contribution in [0.5, 0.6) is 0 Å². The van der Waals surface area contributed by atoms with Crippen LogP contribution in [0, 0.1) is 19.8 Å². The van der Waals surface area contributed by atoms with Crippen LogP contribution in [-0.4, -0.2) is 45.9 Å². The summed E-state index contributed by atoms with van der Waals surface area (Å²) in [6.07, 6.45) is 1.45. The van der Waals surface area contributed by atoms with E-state index in [-0.39, 0.29) is 17.6 Å². The van der Waals surface area contributed by atoms with Crippen LogP contribution in [0.2, 0.25) is 0 Å². The lowest BCUT2D eigenvalue weighted by Crippen LogP contribution is -2.43. The van der Waals surface area contributed by atoms with Crippen molar-refractivity contribution in [3.05, 3.63) is 22.5 Å². The van der Waals surface area contributed by atoms with Gasteiger partial charge in [0.25, 0.3) is 5.91 Å². The van der Waals surface area contributed by atoms with Gasteiger partial charge in [0, 0.05) is 30.3 Å². The van der Waals surface area contributed by atoms with Gasteiger partial charge in [-0.2, -0.15) is 0 Å². The van der Waals surface area contributed by atoms with E-state index in [1.165, 1.54) is 6.92 Å². The molecule has 0 radical (unpaired) electrons. The molecule has 1 aliphatic heterocycles. The molecule has 1 fully saturated rings. The van der Waals surface area contributed by atoms with E-state index in [0.717, 1.165) is 24.1 Å². The standard InChI is InChI=1S/C16H24N2O3/c1-9-14(12(4)20)10(2)17-15(9)16(21)18-7-5-6-13(8-18)11(3)19/h11,13,17,19H,5-8H2,1-4H3. The second kappa shape index (κ2) is 6.02. The number of likely N-dealkylation sites (tertiary alicyclic amines) is 1. The summed E-state index contributed by atoms with van der Waals surface area (Å²) in [4.78, 5) is 29.2. The second-order valence-electron chi connectivity index (χ2n) is 6.08. The Kier molecular flexibility index (Phi) is 4.52. The number of H-pyrrole nitrogens is 1. The molecule has 2 heterocycles. The molecule has 1 aromatic heterocycles. The minimum Gasteiger partial charge on any atom is -0.393 e. The Bertz CT molecular complexity index is 560. The van der Waals surface area contributed by atoms with Crippen LogP contribution in [0.25, 0.3) is 0 Å². The predicted molar refractivity (Wildman–Crippen MR) is 80.6 cm³/mol. The van der Waals surface area contributed by atoms with E-state index < -0.39 is 6.10 Å². The Morgan fingerprint density at radius 1 is 1.38 bits per heavy atom. The first-order valence-corrected chi connectivity index (χ1v) is 7.50. The van der Waals surface area contributed by atoms with Gasteiger partial charge < -0.3 is 15.0 Å². The fourth-order valence-corrected chi connectivity index (χ4v) is 3.24. The monoisotopic (exact) mass is 292 g/mol. The number of aliphatic hydroxyl groups is 1. The predicted octanol–water partition coefficient (Wildman–Crippen LogP) is 2.07. The van der Waals surface area contributed by atoms with Gasteiger partial charge in [-0.3, -0.25) is 9.59 Å². The van der Waals surface area contributed by atoms with Gasteiger partial charge in [-0.05, 0) is 46.1 Å². The highest BCUT2D eigenvalue weighted by molar-refractivity contribution is 6.02. The molecule has 1 aromatic rings. The topological polar surface area (TPSA) is 73.4 Å². The van der Waals surface area contributed by atoms with Crippen LogP contribution >= 0.6 is 0 Å². The van der Waals surface area contributed by atoms with Crippen molar-refractivity contribution in [1.82, 2.24) is 9.88 Å². The maximum absolute atomic E-state index is 12.7. The number of rotatable bonds is 3. The maximum atomic E-state index is 12.7. The van der Waals surface area contributed by atoms with Crippen molar-refractivity contribution in [2.45, 2.75) is 46.6 Å². The van der Waals surface area contributed by atoms with Crippen molar-refractivity contribution < 1.29 is 14.7 Å². The number of hydrogen-bond acceptors (Lipinski definition) is 3. The number of amides is 1. The molecule has 2 N–H and O–H groups in total. The zero-order valence-corrected chi connectivity index (χ0v) is 13.2. The fourth-order valence-electron chi connectivity index (χ4n) is 3.24. The normalized spacial score (nSPS) is 20.4. The number of ketones is 1. The van der Waals surface area contributed by atoms with Gasteiger partial charge in [0.15, 0.2) is 5.78 Å². The maximum Gasteiger partial charge on any atom is 0.270 e. The van der Waals surface area contributed by atoms with Gasteiger partial charge in [0.1, 0.15) is 5.69 Å². The average molecular weight is 292 g/mol.